The lowest BCUT2D eigenvalue weighted by atomic mass is 9.85. The Morgan fingerprint density at radius 3 is 2.19 bits per heavy atom. The molecule has 3 aromatic carbocycles. The van der Waals surface area contributed by atoms with E-state index in [0.29, 0.717) is 12.0 Å². The van der Waals surface area contributed by atoms with E-state index in [4.69, 9.17) is 0 Å². The molecule has 0 aromatic heterocycles. The molecular formula is C24H24BrNO4S. The Morgan fingerprint density at radius 2 is 1.61 bits per heavy atom. The highest BCUT2D eigenvalue weighted by Gasteiger charge is 2.33. The van der Waals surface area contributed by atoms with Crippen LogP contribution in [0.5, 0.6) is 5.75 Å². The monoisotopic (exact) mass is 501 g/mol. The number of para-hydroxylation sites is 1. The number of ketones is 1. The van der Waals surface area contributed by atoms with E-state index in [2.05, 4.69) is 20.7 Å². The highest BCUT2D eigenvalue weighted by Crippen LogP contribution is 2.32. The Balaban J connectivity index is 2.05. The number of hydrogen-bond donors (Lipinski definition) is 2. The van der Waals surface area contributed by atoms with Gasteiger partial charge in [0.25, 0.3) is 0 Å². The summed E-state index contributed by atoms with van der Waals surface area (Å²) in [6, 6.07) is 19.2. The standard InChI is InChI=1S/C24H24BrNO4S/c1-3-20(24(28)21-6-4-5-7-22(21)27)23(17-10-12-18(25)13-11-17)26-31(29,30)19-14-8-16(2)9-15-19/h4-15,20,23,26-27H,3H2,1-2H3/t20-,23-/m1/s1. The van der Waals surface area contributed by atoms with E-state index in [1.807, 2.05) is 13.8 Å². The molecule has 3 rings (SSSR count). The summed E-state index contributed by atoms with van der Waals surface area (Å²) >= 11 is 3.39. The predicted octanol–water partition coefficient (Wildman–Crippen LogP) is 5.39. The molecule has 0 spiro atoms. The van der Waals surface area contributed by atoms with Gasteiger partial charge >= 0.3 is 0 Å². The predicted molar refractivity (Wildman–Crippen MR) is 125 cm³/mol. The normalized spacial score (nSPS) is 13.5. The van der Waals surface area contributed by atoms with Crippen molar-refractivity contribution in [3.63, 3.8) is 0 Å². The van der Waals surface area contributed by atoms with E-state index in [-0.39, 0.29) is 22.0 Å². The maximum Gasteiger partial charge on any atom is 0.241 e. The maximum absolute atomic E-state index is 13.3. The van der Waals surface area contributed by atoms with E-state index < -0.39 is 22.0 Å². The number of carbonyl (C=O) groups excluding carboxylic acids is 1. The number of sulfonamides is 1. The summed E-state index contributed by atoms with van der Waals surface area (Å²) in [6.07, 6.45) is 0.379. The summed E-state index contributed by atoms with van der Waals surface area (Å²) < 4.78 is 29.9. The van der Waals surface area contributed by atoms with Crippen LogP contribution in [0.25, 0.3) is 0 Å². The molecule has 2 N–H and O–H groups in total. The van der Waals surface area contributed by atoms with Gasteiger partial charge in [-0.3, -0.25) is 4.79 Å². The number of Topliss-reactive ketones (excluding diaryl/α,β-unsaturated/α-hetero) is 1. The van der Waals surface area contributed by atoms with E-state index in [1.165, 1.54) is 6.07 Å². The topological polar surface area (TPSA) is 83.5 Å². The van der Waals surface area contributed by atoms with Crippen molar-refractivity contribution in [1.29, 1.82) is 0 Å². The maximum atomic E-state index is 13.3. The van der Waals surface area contributed by atoms with Gasteiger partial charge in [0.2, 0.25) is 10.0 Å². The Kier molecular flexibility index (Phi) is 7.30. The minimum Gasteiger partial charge on any atom is -0.507 e. The molecule has 0 heterocycles. The van der Waals surface area contributed by atoms with Crippen LogP contribution >= 0.6 is 15.9 Å². The van der Waals surface area contributed by atoms with Gasteiger partial charge in [0.1, 0.15) is 5.75 Å². The second kappa shape index (κ2) is 9.77. The summed E-state index contributed by atoms with van der Waals surface area (Å²) in [5.41, 5.74) is 1.78. The van der Waals surface area contributed by atoms with Gasteiger partial charge in [-0.1, -0.05) is 64.8 Å². The first-order valence-electron chi connectivity index (χ1n) is 9.89. The number of halogens is 1. The molecule has 0 fully saturated rings. The highest BCUT2D eigenvalue weighted by molar-refractivity contribution is 9.10. The van der Waals surface area contributed by atoms with Crippen LogP contribution in [0.1, 0.15) is 40.9 Å². The molecule has 0 unspecified atom stereocenters. The van der Waals surface area contributed by atoms with Gasteiger partial charge < -0.3 is 5.11 Å². The minimum atomic E-state index is -3.89. The molecule has 0 saturated carbocycles. The van der Waals surface area contributed by atoms with Gasteiger partial charge in [-0.05, 0) is 55.3 Å². The van der Waals surface area contributed by atoms with Crippen LogP contribution in [0.4, 0.5) is 0 Å². The van der Waals surface area contributed by atoms with Gasteiger partial charge in [-0.15, -0.1) is 0 Å². The largest absolute Gasteiger partial charge is 0.507 e. The van der Waals surface area contributed by atoms with E-state index in [1.54, 1.807) is 66.7 Å². The number of phenolic OH excluding ortho intramolecular Hbond substituents is 1. The molecule has 162 valence electrons. The van der Waals surface area contributed by atoms with Crippen molar-refractivity contribution >= 4 is 31.7 Å². The average Bonchev–Trinajstić information content (AvgIpc) is 2.74. The van der Waals surface area contributed by atoms with Gasteiger partial charge in [0.15, 0.2) is 5.78 Å². The van der Waals surface area contributed by atoms with Crippen molar-refractivity contribution in [1.82, 2.24) is 4.72 Å². The van der Waals surface area contributed by atoms with Crippen LogP contribution in [0, 0.1) is 12.8 Å². The Hall–Kier alpha value is -2.48. The highest BCUT2D eigenvalue weighted by atomic mass is 79.9. The third-order valence-corrected chi connectivity index (χ3v) is 7.18. The lowest BCUT2D eigenvalue weighted by Crippen LogP contribution is -2.36. The van der Waals surface area contributed by atoms with Crippen molar-refractivity contribution in [3.8, 4) is 5.75 Å². The van der Waals surface area contributed by atoms with E-state index >= 15 is 0 Å². The van der Waals surface area contributed by atoms with Gasteiger partial charge in [0.05, 0.1) is 16.5 Å². The molecule has 3 aromatic rings. The third-order valence-electron chi connectivity index (χ3n) is 5.19. The Bertz CT molecular complexity index is 1160. The number of aromatic hydroxyl groups is 1. The molecule has 31 heavy (non-hydrogen) atoms. The molecule has 0 aliphatic carbocycles. The summed E-state index contributed by atoms with van der Waals surface area (Å²) in [5.74, 6) is -1.16. The zero-order valence-electron chi connectivity index (χ0n) is 17.2. The fraction of sp³-hybridized carbons (Fsp3) is 0.208. The zero-order chi connectivity index (χ0) is 22.6. The first kappa shape index (κ1) is 23.2. The second-order valence-corrected chi connectivity index (χ2v) is 9.99. The Morgan fingerprint density at radius 1 is 1.00 bits per heavy atom. The van der Waals surface area contributed by atoms with E-state index in [0.717, 1.165) is 10.0 Å². The molecular weight excluding hydrogens is 478 g/mol. The van der Waals surface area contributed by atoms with Crippen molar-refractivity contribution in [2.75, 3.05) is 0 Å². The first-order valence-corrected chi connectivity index (χ1v) is 12.2. The molecule has 0 radical (unpaired) electrons. The SMILES string of the molecule is CC[C@@H](C(=O)c1ccccc1O)[C@H](NS(=O)(=O)c1ccc(C)cc1)c1ccc(Br)cc1. The molecule has 5 nitrogen and oxygen atoms in total. The van der Waals surface area contributed by atoms with E-state index in [9.17, 15) is 18.3 Å². The number of phenols is 1. The third kappa shape index (κ3) is 5.42. The smallest absolute Gasteiger partial charge is 0.241 e. The molecule has 2 atom stereocenters. The quantitative estimate of drug-likeness (QED) is 0.405. The molecule has 0 saturated heterocycles. The lowest BCUT2D eigenvalue weighted by molar-refractivity contribution is 0.0889. The van der Waals surface area contributed by atoms with Crippen molar-refractivity contribution in [2.45, 2.75) is 31.2 Å². The molecule has 0 amide bonds. The molecule has 0 aliphatic heterocycles. The minimum absolute atomic E-state index is 0.123. The lowest BCUT2D eigenvalue weighted by Gasteiger charge is -2.27. The molecule has 0 aliphatic rings. The van der Waals surface area contributed by atoms with Crippen molar-refractivity contribution < 1.29 is 18.3 Å². The van der Waals surface area contributed by atoms with Crippen LogP contribution in [0.2, 0.25) is 0 Å². The summed E-state index contributed by atoms with van der Waals surface area (Å²) in [5, 5.41) is 10.2. The molecule has 7 heteroatoms. The molecule has 0 bridgehead atoms. The number of rotatable bonds is 8. The zero-order valence-corrected chi connectivity index (χ0v) is 19.7. The number of nitrogens with one attached hydrogen (secondary N) is 1. The second-order valence-electron chi connectivity index (χ2n) is 7.36. The van der Waals surface area contributed by atoms with Crippen LogP contribution in [-0.2, 0) is 10.0 Å². The fourth-order valence-electron chi connectivity index (χ4n) is 3.46. The van der Waals surface area contributed by atoms with Crippen molar-refractivity contribution in [2.24, 2.45) is 5.92 Å². The average molecular weight is 502 g/mol. The van der Waals surface area contributed by atoms with Crippen molar-refractivity contribution in [3.05, 3.63) is 94.0 Å². The summed E-state index contributed by atoms with van der Waals surface area (Å²) in [6.45, 7) is 3.71. The summed E-state index contributed by atoms with van der Waals surface area (Å²) in [7, 11) is -3.89. The van der Waals surface area contributed by atoms with Crippen LogP contribution in [-0.4, -0.2) is 19.3 Å². The first-order chi connectivity index (χ1) is 14.7. The van der Waals surface area contributed by atoms with Crippen LogP contribution in [0.15, 0.2) is 82.2 Å². The number of hydrogen-bond acceptors (Lipinski definition) is 4. The number of benzene rings is 3. The summed E-state index contributed by atoms with van der Waals surface area (Å²) in [4.78, 5) is 13.5. The number of aryl methyl sites for hydroxylation is 1. The van der Waals surface area contributed by atoms with Crippen LogP contribution < -0.4 is 4.72 Å². The number of carbonyl (C=O) groups is 1. The van der Waals surface area contributed by atoms with Crippen LogP contribution in [0.3, 0.4) is 0 Å². The Labute approximate surface area is 191 Å². The fourth-order valence-corrected chi connectivity index (χ4v) is 4.99. The van der Waals surface area contributed by atoms with Gasteiger partial charge in [-0.25, -0.2) is 13.1 Å². The van der Waals surface area contributed by atoms with Gasteiger partial charge in [-0.2, -0.15) is 0 Å². The van der Waals surface area contributed by atoms with Gasteiger partial charge in [0, 0.05) is 10.4 Å².